The van der Waals surface area contributed by atoms with Crippen LogP contribution in [0.2, 0.25) is 0 Å². The fourth-order valence-electron chi connectivity index (χ4n) is 0.725. The summed E-state index contributed by atoms with van der Waals surface area (Å²) < 4.78 is 1.89. The third kappa shape index (κ3) is 1.89. The second kappa shape index (κ2) is 3.17. The Morgan fingerprint density at radius 3 is 2.64 bits per heavy atom. The van der Waals surface area contributed by atoms with E-state index < -0.39 is 0 Å². The molecule has 0 spiro atoms. The molecule has 1 aromatic rings. The number of nitrogen functional groups attached to an aromatic ring is 1. The molecule has 0 radical (unpaired) electrons. The number of anilines is 1. The van der Waals surface area contributed by atoms with Crippen LogP contribution in [-0.2, 0) is 7.05 Å². The maximum Gasteiger partial charge on any atom is 0.169 e. The molecule has 0 amide bonds. The minimum atomic E-state index is 0.551. The molecule has 0 aromatic carbocycles. The number of nitrogens with zero attached hydrogens (tertiary/aromatic N) is 2. The maximum absolute atomic E-state index is 5.60. The Morgan fingerprint density at radius 1 is 1.64 bits per heavy atom. The zero-order valence-electron chi connectivity index (χ0n) is 7.03. The quantitative estimate of drug-likeness (QED) is 0.686. The van der Waals surface area contributed by atoms with E-state index in [0.29, 0.717) is 11.1 Å². The topological polar surface area (TPSA) is 43.8 Å². The van der Waals surface area contributed by atoms with Gasteiger partial charge in [-0.25, -0.2) is 4.98 Å². The second-order valence-electron chi connectivity index (χ2n) is 2.69. The van der Waals surface area contributed by atoms with Crippen molar-refractivity contribution in [3.63, 3.8) is 0 Å². The van der Waals surface area contributed by atoms with E-state index in [4.69, 9.17) is 5.73 Å². The SMILES string of the molecule is CC(C)Sc1ncc(N)n1C. The molecule has 2 N–H and O–H groups in total. The highest BCUT2D eigenvalue weighted by Crippen LogP contribution is 2.22. The lowest BCUT2D eigenvalue weighted by Gasteiger charge is -2.04. The summed E-state index contributed by atoms with van der Waals surface area (Å²) in [7, 11) is 1.92. The van der Waals surface area contributed by atoms with Gasteiger partial charge < -0.3 is 10.3 Å². The Labute approximate surface area is 71.0 Å². The van der Waals surface area contributed by atoms with Gasteiger partial charge >= 0.3 is 0 Å². The normalized spacial score (nSPS) is 10.9. The van der Waals surface area contributed by atoms with Gasteiger partial charge in [-0.05, 0) is 0 Å². The van der Waals surface area contributed by atoms with E-state index in [1.165, 1.54) is 0 Å². The van der Waals surface area contributed by atoms with Crippen molar-refractivity contribution < 1.29 is 0 Å². The zero-order valence-corrected chi connectivity index (χ0v) is 7.85. The molecule has 1 heterocycles. The first-order valence-corrected chi connectivity index (χ1v) is 4.43. The van der Waals surface area contributed by atoms with Gasteiger partial charge in [0.25, 0.3) is 0 Å². The molecule has 62 valence electrons. The van der Waals surface area contributed by atoms with E-state index in [-0.39, 0.29) is 0 Å². The number of hydrogen-bond donors (Lipinski definition) is 1. The summed E-state index contributed by atoms with van der Waals surface area (Å²) in [5.41, 5.74) is 5.60. The molecule has 0 aliphatic heterocycles. The molecule has 4 heteroatoms. The fraction of sp³-hybridized carbons (Fsp3) is 0.571. The Balaban J connectivity index is 2.79. The molecule has 0 saturated heterocycles. The summed E-state index contributed by atoms with van der Waals surface area (Å²) >= 11 is 1.72. The third-order valence-electron chi connectivity index (χ3n) is 1.32. The number of thioether (sulfide) groups is 1. The first-order chi connectivity index (χ1) is 5.11. The fourth-order valence-corrected chi connectivity index (χ4v) is 1.52. The van der Waals surface area contributed by atoms with Crippen molar-refractivity contribution in [1.82, 2.24) is 9.55 Å². The molecule has 1 aromatic heterocycles. The highest BCUT2D eigenvalue weighted by Gasteiger charge is 2.05. The number of nitrogens with two attached hydrogens (primary N) is 1. The van der Waals surface area contributed by atoms with Crippen LogP contribution in [0.5, 0.6) is 0 Å². The Hall–Kier alpha value is -0.640. The molecule has 0 aliphatic rings. The van der Waals surface area contributed by atoms with Crippen LogP contribution in [0.25, 0.3) is 0 Å². The molecule has 0 atom stereocenters. The van der Waals surface area contributed by atoms with Crippen molar-refractivity contribution in [3.8, 4) is 0 Å². The third-order valence-corrected chi connectivity index (χ3v) is 2.38. The van der Waals surface area contributed by atoms with Crippen LogP contribution in [0.3, 0.4) is 0 Å². The summed E-state index contributed by atoms with van der Waals surface area (Å²) in [6.45, 7) is 4.27. The van der Waals surface area contributed by atoms with Gasteiger partial charge in [0.1, 0.15) is 5.82 Å². The summed E-state index contributed by atoms with van der Waals surface area (Å²) in [4.78, 5) is 4.16. The largest absolute Gasteiger partial charge is 0.384 e. The van der Waals surface area contributed by atoms with Gasteiger partial charge in [-0.2, -0.15) is 0 Å². The smallest absolute Gasteiger partial charge is 0.169 e. The van der Waals surface area contributed by atoms with Crippen LogP contribution in [0.15, 0.2) is 11.4 Å². The minimum Gasteiger partial charge on any atom is -0.384 e. The lowest BCUT2D eigenvalue weighted by Crippen LogP contribution is -1.98. The average Bonchev–Trinajstić information content (AvgIpc) is 2.18. The molecule has 0 bridgehead atoms. The molecule has 0 saturated carbocycles. The van der Waals surface area contributed by atoms with Gasteiger partial charge in [0, 0.05) is 12.3 Å². The first kappa shape index (κ1) is 8.46. The Morgan fingerprint density at radius 2 is 2.27 bits per heavy atom. The van der Waals surface area contributed by atoms with Gasteiger partial charge in [-0.1, -0.05) is 25.6 Å². The summed E-state index contributed by atoms with van der Waals surface area (Å²) in [5, 5.41) is 1.54. The van der Waals surface area contributed by atoms with E-state index in [9.17, 15) is 0 Å². The van der Waals surface area contributed by atoms with Gasteiger partial charge in [0.2, 0.25) is 0 Å². The molecule has 1 rings (SSSR count). The van der Waals surface area contributed by atoms with Crippen molar-refractivity contribution in [2.75, 3.05) is 5.73 Å². The van der Waals surface area contributed by atoms with Crippen molar-refractivity contribution in [2.45, 2.75) is 24.3 Å². The molecular formula is C7H13N3S. The molecule has 3 nitrogen and oxygen atoms in total. The van der Waals surface area contributed by atoms with E-state index in [2.05, 4.69) is 18.8 Å². The molecule has 0 fully saturated rings. The molecule has 0 aliphatic carbocycles. The zero-order chi connectivity index (χ0) is 8.43. The first-order valence-electron chi connectivity index (χ1n) is 3.55. The second-order valence-corrected chi connectivity index (χ2v) is 4.23. The van der Waals surface area contributed by atoms with Gasteiger partial charge in [-0.3, -0.25) is 0 Å². The Bertz CT molecular complexity index is 242. The summed E-state index contributed by atoms with van der Waals surface area (Å²) in [5.74, 6) is 0.716. The van der Waals surface area contributed by atoms with Gasteiger partial charge in [0.05, 0.1) is 6.20 Å². The van der Waals surface area contributed by atoms with Gasteiger partial charge in [0.15, 0.2) is 5.16 Å². The van der Waals surface area contributed by atoms with E-state index in [0.717, 1.165) is 5.16 Å². The van der Waals surface area contributed by atoms with Crippen LogP contribution in [0.4, 0.5) is 5.82 Å². The van der Waals surface area contributed by atoms with E-state index in [1.54, 1.807) is 18.0 Å². The van der Waals surface area contributed by atoms with Crippen molar-refractivity contribution in [1.29, 1.82) is 0 Å². The highest BCUT2D eigenvalue weighted by molar-refractivity contribution is 7.99. The maximum atomic E-state index is 5.60. The van der Waals surface area contributed by atoms with Crippen molar-refractivity contribution >= 4 is 17.6 Å². The predicted octanol–water partition coefficient (Wildman–Crippen LogP) is 1.50. The van der Waals surface area contributed by atoms with Crippen LogP contribution >= 0.6 is 11.8 Å². The number of aromatic nitrogens is 2. The average molecular weight is 171 g/mol. The highest BCUT2D eigenvalue weighted by atomic mass is 32.2. The minimum absolute atomic E-state index is 0.551. The summed E-state index contributed by atoms with van der Waals surface area (Å²) in [6, 6.07) is 0. The molecule has 11 heavy (non-hydrogen) atoms. The summed E-state index contributed by atoms with van der Waals surface area (Å²) in [6.07, 6.45) is 1.69. The van der Waals surface area contributed by atoms with Crippen molar-refractivity contribution in [2.24, 2.45) is 7.05 Å². The van der Waals surface area contributed by atoms with Crippen LogP contribution in [-0.4, -0.2) is 14.8 Å². The monoisotopic (exact) mass is 171 g/mol. The standard InChI is InChI=1S/C7H13N3S/c1-5(2)11-7-9-4-6(8)10(7)3/h4-5H,8H2,1-3H3. The number of imidazole rings is 1. The lowest BCUT2D eigenvalue weighted by atomic mass is 10.6. The Kier molecular flexibility index (Phi) is 2.44. The van der Waals surface area contributed by atoms with E-state index >= 15 is 0 Å². The number of rotatable bonds is 2. The van der Waals surface area contributed by atoms with Crippen molar-refractivity contribution in [3.05, 3.63) is 6.20 Å². The molecule has 0 unspecified atom stereocenters. The van der Waals surface area contributed by atoms with Crippen LogP contribution in [0.1, 0.15) is 13.8 Å². The van der Waals surface area contributed by atoms with E-state index in [1.807, 2.05) is 11.6 Å². The van der Waals surface area contributed by atoms with Crippen LogP contribution in [0, 0.1) is 0 Å². The predicted molar refractivity (Wildman–Crippen MR) is 48.6 cm³/mol. The lowest BCUT2D eigenvalue weighted by molar-refractivity contribution is 0.796. The van der Waals surface area contributed by atoms with Crippen LogP contribution < -0.4 is 5.73 Å². The number of hydrogen-bond acceptors (Lipinski definition) is 3. The molecular weight excluding hydrogens is 158 g/mol. The van der Waals surface area contributed by atoms with Gasteiger partial charge in [-0.15, -0.1) is 0 Å².